The molecule has 0 aliphatic carbocycles. The van der Waals surface area contributed by atoms with Crippen LogP contribution in [0.3, 0.4) is 0 Å². The Balaban J connectivity index is 0.00000308. The maximum atomic E-state index is 8.40. The molecule has 0 aliphatic heterocycles. The number of hydrogen-bond donors (Lipinski definition) is 2. The zero-order chi connectivity index (χ0) is 28.2. The monoisotopic (exact) mass is 694 g/mol. The van der Waals surface area contributed by atoms with Gasteiger partial charge in [0.2, 0.25) is 0 Å². The molecule has 2 aromatic carbocycles. The van der Waals surface area contributed by atoms with Gasteiger partial charge in [-0.3, -0.25) is 10.8 Å². The molecule has 4 rings (SSSR count). The van der Waals surface area contributed by atoms with Crippen molar-refractivity contribution in [1.82, 2.24) is 9.13 Å². The third-order valence-electron chi connectivity index (χ3n) is 7.89. The summed E-state index contributed by atoms with van der Waals surface area (Å²) in [6, 6.07) is 25.3. The van der Waals surface area contributed by atoms with Gasteiger partial charge in [-0.15, -0.1) is 34.0 Å². The Morgan fingerprint density at radius 1 is 0.429 bits per heavy atom. The van der Waals surface area contributed by atoms with Crippen LogP contribution in [0.5, 0.6) is 0 Å². The van der Waals surface area contributed by atoms with E-state index < -0.39 is 0 Å². The molecule has 2 heterocycles. The number of nitrogens with zero attached hydrogens (tertiary/aromatic N) is 2. The van der Waals surface area contributed by atoms with Gasteiger partial charge in [0, 0.05) is 25.5 Å². The highest BCUT2D eigenvalue weighted by Crippen LogP contribution is 2.19. The molecule has 0 spiro atoms. The molecule has 0 saturated heterocycles. The molecule has 42 heavy (non-hydrogen) atoms. The summed E-state index contributed by atoms with van der Waals surface area (Å²) in [6.45, 7) is 6.06. The number of benzene rings is 2. The van der Waals surface area contributed by atoms with Crippen LogP contribution in [0.25, 0.3) is 22.3 Å². The molecular weight excluding hydrogens is 648 g/mol. The number of aryl methyl sites for hydroxylation is 4. The number of nitrogens with one attached hydrogen (secondary N) is 2. The minimum Gasteiger partial charge on any atom is -0.333 e. The van der Waals surface area contributed by atoms with Gasteiger partial charge in [0.15, 0.2) is 0 Å². The molecule has 4 nitrogen and oxygen atoms in total. The van der Waals surface area contributed by atoms with Crippen LogP contribution in [0.15, 0.2) is 85.2 Å². The second-order valence-electron chi connectivity index (χ2n) is 11.3. The summed E-state index contributed by atoms with van der Waals surface area (Å²) in [5, 5.41) is 16.8. The molecule has 0 atom stereocenters. The van der Waals surface area contributed by atoms with Crippen LogP contribution in [0.1, 0.15) is 75.3 Å². The van der Waals surface area contributed by atoms with Crippen molar-refractivity contribution in [3.63, 3.8) is 0 Å². The molecule has 0 amide bonds. The van der Waals surface area contributed by atoms with Crippen LogP contribution in [0.4, 0.5) is 0 Å². The molecule has 0 bridgehead atoms. The number of aromatic nitrogens is 2. The van der Waals surface area contributed by atoms with Crippen LogP contribution < -0.4 is 11.0 Å². The van der Waals surface area contributed by atoms with E-state index in [9.17, 15) is 0 Å². The van der Waals surface area contributed by atoms with E-state index in [-0.39, 0.29) is 34.0 Å². The summed E-state index contributed by atoms with van der Waals surface area (Å²) >= 11 is 0. The van der Waals surface area contributed by atoms with Gasteiger partial charge in [-0.2, -0.15) is 0 Å². The smallest absolute Gasteiger partial charge is 0.125 e. The lowest BCUT2D eigenvalue weighted by Gasteiger charge is -2.10. The Morgan fingerprint density at radius 2 is 0.738 bits per heavy atom. The summed E-state index contributed by atoms with van der Waals surface area (Å²) in [6.07, 6.45) is 16.8. The molecule has 4 aromatic rings. The first-order chi connectivity index (χ1) is 19.5. The Morgan fingerprint density at radius 3 is 1.05 bits per heavy atom. The minimum absolute atomic E-state index is 0. The SMILES string of the molecule is Br.Br.Cc1ccc(-c2ccn(CCCCCCCCCCCCn3ccc(-c4ccc(C)cc4)cc3=N)c(=N)c2)cc1. The highest BCUT2D eigenvalue weighted by atomic mass is 79.9. The number of pyridine rings is 2. The summed E-state index contributed by atoms with van der Waals surface area (Å²) in [7, 11) is 0. The normalized spacial score (nSPS) is 10.6. The molecule has 0 saturated carbocycles. The lowest BCUT2D eigenvalue weighted by Crippen LogP contribution is -2.18. The van der Waals surface area contributed by atoms with Crippen molar-refractivity contribution in [3.8, 4) is 22.3 Å². The first-order valence-electron chi connectivity index (χ1n) is 15.1. The fourth-order valence-electron chi connectivity index (χ4n) is 5.28. The molecule has 0 fully saturated rings. The first-order valence-corrected chi connectivity index (χ1v) is 15.1. The third kappa shape index (κ3) is 11.2. The van der Waals surface area contributed by atoms with Gasteiger partial charge in [-0.1, -0.05) is 111 Å². The van der Waals surface area contributed by atoms with Crippen LogP contribution in [-0.2, 0) is 13.1 Å². The van der Waals surface area contributed by atoms with Crippen molar-refractivity contribution in [2.45, 2.75) is 91.1 Å². The van der Waals surface area contributed by atoms with Crippen LogP contribution in [0, 0.1) is 24.7 Å². The predicted octanol–water partition coefficient (Wildman–Crippen LogP) is 9.96. The highest BCUT2D eigenvalue weighted by Gasteiger charge is 2.02. The van der Waals surface area contributed by atoms with E-state index in [4.69, 9.17) is 10.8 Å². The van der Waals surface area contributed by atoms with Crippen molar-refractivity contribution in [1.29, 1.82) is 10.8 Å². The number of halogens is 2. The van der Waals surface area contributed by atoms with Gasteiger partial charge in [-0.25, -0.2) is 0 Å². The molecule has 2 aromatic heterocycles. The van der Waals surface area contributed by atoms with Gasteiger partial charge in [0.05, 0.1) is 0 Å². The predicted molar refractivity (Wildman–Crippen MR) is 188 cm³/mol. The van der Waals surface area contributed by atoms with E-state index in [0.717, 1.165) is 37.1 Å². The lowest BCUT2D eigenvalue weighted by atomic mass is 10.1. The van der Waals surface area contributed by atoms with Crippen LogP contribution >= 0.6 is 34.0 Å². The second-order valence-corrected chi connectivity index (χ2v) is 11.3. The van der Waals surface area contributed by atoms with E-state index in [2.05, 4.69) is 96.0 Å². The highest BCUT2D eigenvalue weighted by molar-refractivity contribution is 8.93. The van der Waals surface area contributed by atoms with E-state index >= 15 is 0 Å². The second kappa shape index (κ2) is 18.8. The maximum Gasteiger partial charge on any atom is 0.125 e. The largest absolute Gasteiger partial charge is 0.333 e. The van der Waals surface area contributed by atoms with Gasteiger partial charge >= 0.3 is 0 Å². The molecular formula is C36H48Br2N4. The molecule has 0 radical (unpaired) electrons. The molecule has 0 unspecified atom stereocenters. The standard InChI is InChI=1S/C36H46N4.2BrH/c1-29-13-17-31(18-14-29)33-21-25-39(35(37)27-33)23-11-9-7-5-3-4-6-8-10-12-24-40-26-22-34(28-36(40)38)32-19-15-30(2)16-20-32;;/h13-22,25-28,37-38H,3-12,23-24H2,1-2H3;2*1H. The zero-order valence-electron chi connectivity index (χ0n) is 25.3. The lowest BCUT2D eigenvalue weighted by molar-refractivity contribution is 0.514. The summed E-state index contributed by atoms with van der Waals surface area (Å²) < 4.78 is 4.14. The number of unbranched alkanes of at least 4 members (excludes halogenated alkanes) is 9. The Kier molecular flexibility index (Phi) is 15.9. The van der Waals surface area contributed by atoms with Crippen molar-refractivity contribution < 1.29 is 0 Å². The quantitative estimate of drug-likeness (QED) is 0.116. The van der Waals surface area contributed by atoms with Gasteiger partial charge in [0.25, 0.3) is 0 Å². The summed E-state index contributed by atoms with van der Waals surface area (Å²) in [5.41, 5.74) is 8.30. The molecule has 6 heteroatoms. The molecule has 226 valence electrons. The van der Waals surface area contributed by atoms with Crippen molar-refractivity contribution in [2.24, 2.45) is 0 Å². The van der Waals surface area contributed by atoms with E-state index in [1.54, 1.807) is 0 Å². The van der Waals surface area contributed by atoms with Crippen molar-refractivity contribution in [2.75, 3.05) is 0 Å². The molecule has 0 aliphatic rings. The maximum absolute atomic E-state index is 8.40. The fourth-order valence-corrected chi connectivity index (χ4v) is 5.28. The minimum atomic E-state index is 0. The average molecular weight is 697 g/mol. The Labute approximate surface area is 273 Å². The third-order valence-corrected chi connectivity index (χ3v) is 7.89. The summed E-state index contributed by atoms with van der Waals surface area (Å²) in [5.74, 6) is 0. The van der Waals surface area contributed by atoms with E-state index in [0.29, 0.717) is 11.0 Å². The summed E-state index contributed by atoms with van der Waals surface area (Å²) in [4.78, 5) is 0. The fraction of sp³-hybridized carbons (Fsp3) is 0.389. The topological polar surface area (TPSA) is 57.6 Å². The molecule has 2 N–H and O–H groups in total. The van der Waals surface area contributed by atoms with Gasteiger partial charge in [-0.05, 0) is 73.2 Å². The van der Waals surface area contributed by atoms with Crippen molar-refractivity contribution in [3.05, 3.63) is 107 Å². The number of hydrogen-bond acceptors (Lipinski definition) is 2. The first kappa shape index (κ1) is 35.5. The van der Waals surface area contributed by atoms with Crippen LogP contribution in [0.2, 0.25) is 0 Å². The Hall–Kier alpha value is -2.70. The van der Waals surface area contributed by atoms with E-state index in [1.165, 1.54) is 73.6 Å². The van der Waals surface area contributed by atoms with Crippen LogP contribution in [-0.4, -0.2) is 9.13 Å². The number of rotatable bonds is 15. The van der Waals surface area contributed by atoms with Crippen molar-refractivity contribution >= 4 is 34.0 Å². The average Bonchev–Trinajstić information content (AvgIpc) is 2.96. The van der Waals surface area contributed by atoms with Gasteiger partial charge < -0.3 is 9.13 Å². The Bertz CT molecular complexity index is 1340. The zero-order valence-corrected chi connectivity index (χ0v) is 28.7. The van der Waals surface area contributed by atoms with E-state index in [1.807, 2.05) is 12.1 Å². The van der Waals surface area contributed by atoms with Gasteiger partial charge in [0.1, 0.15) is 11.0 Å².